The molecule has 6 heteroatoms. The van der Waals surface area contributed by atoms with Crippen molar-refractivity contribution in [2.75, 3.05) is 26.9 Å². The number of nitrogens with zero attached hydrogens (tertiary/aromatic N) is 1. The van der Waals surface area contributed by atoms with Gasteiger partial charge in [0.25, 0.3) is 0 Å². The highest BCUT2D eigenvalue weighted by atomic mass is 16.5. The van der Waals surface area contributed by atoms with Gasteiger partial charge in [0.05, 0.1) is 13.5 Å². The molecule has 1 N–H and O–H groups in total. The highest BCUT2D eigenvalue weighted by molar-refractivity contribution is 5.83. The third-order valence-corrected chi connectivity index (χ3v) is 5.11. The molecule has 2 fully saturated rings. The van der Waals surface area contributed by atoms with Gasteiger partial charge in [0, 0.05) is 31.7 Å². The van der Waals surface area contributed by atoms with Crippen LogP contribution >= 0.6 is 0 Å². The van der Waals surface area contributed by atoms with Crippen LogP contribution in [0.4, 0.5) is 0 Å². The fourth-order valence-corrected chi connectivity index (χ4v) is 3.61. The van der Waals surface area contributed by atoms with Crippen molar-refractivity contribution < 1.29 is 24.2 Å². The van der Waals surface area contributed by atoms with Crippen LogP contribution < -0.4 is 4.74 Å². The number of amides is 1. The Hall–Kier alpha value is -2.08. The van der Waals surface area contributed by atoms with Crippen LogP contribution in [0, 0.1) is 5.92 Å². The molecule has 1 saturated carbocycles. The van der Waals surface area contributed by atoms with Crippen molar-refractivity contribution in [3.05, 3.63) is 29.8 Å². The molecule has 1 amide bonds. The second-order valence-electron chi connectivity index (χ2n) is 6.74. The van der Waals surface area contributed by atoms with Gasteiger partial charge in [-0.2, -0.15) is 0 Å². The number of methoxy groups -OCH3 is 1. The molecule has 0 bridgehead atoms. The van der Waals surface area contributed by atoms with Gasteiger partial charge in [-0.1, -0.05) is 12.1 Å². The largest absolute Gasteiger partial charge is 0.497 e. The molecule has 0 aromatic heterocycles. The SMILES string of the molecule is COc1cccc([C@@H]2C[C@@H]2C(=O)N(CCC(=O)O)C2CCOCC2)c1. The van der Waals surface area contributed by atoms with Gasteiger partial charge in [-0.05, 0) is 42.9 Å². The number of carboxylic acid groups (broad SMARTS) is 1. The average molecular weight is 347 g/mol. The number of ether oxygens (including phenoxy) is 2. The van der Waals surface area contributed by atoms with E-state index in [2.05, 4.69) is 0 Å². The summed E-state index contributed by atoms with van der Waals surface area (Å²) in [6, 6.07) is 7.93. The molecule has 1 saturated heterocycles. The minimum atomic E-state index is -0.870. The summed E-state index contributed by atoms with van der Waals surface area (Å²) >= 11 is 0. The van der Waals surface area contributed by atoms with Crippen molar-refractivity contribution >= 4 is 11.9 Å². The highest BCUT2D eigenvalue weighted by Crippen LogP contribution is 2.49. The van der Waals surface area contributed by atoms with Crippen LogP contribution in [-0.2, 0) is 14.3 Å². The standard InChI is InChI=1S/C19H25NO5/c1-24-15-4-2-3-13(11-15)16-12-17(16)19(23)20(8-5-18(21)22)14-6-9-25-10-7-14/h2-4,11,14,16-17H,5-10,12H2,1H3,(H,21,22)/t16-,17-/m0/s1. The van der Waals surface area contributed by atoms with Gasteiger partial charge in [0.2, 0.25) is 5.91 Å². The lowest BCUT2D eigenvalue weighted by Crippen LogP contribution is -2.45. The van der Waals surface area contributed by atoms with E-state index in [1.807, 2.05) is 24.3 Å². The number of carbonyl (C=O) groups excluding carboxylic acids is 1. The van der Waals surface area contributed by atoms with E-state index in [1.165, 1.54) is 0 Å². The monoisotopic (exact) mass is 347 g/mol. The van der Waals surface area contributed by atoms with Gasteiger partial charge >= 0.3 is 5.97 Å². The normalized spacial score (nSPS) is 23.1. The third kappa shape index (κ3) is 4.31. The molecule has 25 heavy (non-hydrogen) atoms. The fraction of sp³-hybridized carbons (Fsp3) is 0.579. The van der Waals surface area contributed by atoms with E-state index in [-0.39, 0.29) is 36.8 Å². The lowest BCUT2D eigenvalue weighted by molar-refractivity contribution is -0.141. The van der Waals surface area contributed by atoms with Crippen LogP contribution in [0.15, 0.2) is 24.3 Å². The predicted molar refractivity (Wildman–Crippen MR) is 91.6 cm³/mol. The quantitative estimate of drug-likeness (QED) is 0.819. The molecule has 1 aromatic carbocycles. The lowest BCUT2D eigenvalue weighted by atomic mass is 10.0. The Morgan fingerprint density at radius 2 is 2.08 bits per heavy atom. The lowest BCUT2D eigenvalue weighted by Gasteiger charge is -2.34. The average Bonchev–Trinajstić information content (AvgIpc) is 3.43. The second kappa shape index (κ2) is 7.87. The molecule has 0 unspecified atom stereocenters. The number of hydrogen-bond acceptors (Lipinski definition) is 4. The summed E-state index contributed by atoms with van der Waals surface area (Å²) < 4.78 is 10.6. The zero-order valence-corrected chi connectivity index (χ0v) is 14.5. The Bertz CT molecular complexity index is 626. The van der Waals surface area contributed by atoms with Gasteiger partial charge in [-0.15, -0.1) is 0 Å². The summed E-state index contributed by atoms with van der Waals surface area (Å²) in [5, 5.41) is 9.01. The Morgan fingerprint density at radius 1 is 1.32 bits per heavy atom. The van der Waals surface area contributed by atoms with E-state index in [0.29, 0.717) is 13.2 Å². The van der Waals surface area contributed by atoms with E-state index in [0.717, 1.165) is 30.6 Å². The zero-order chi connectivity index (χ0) is 17.8. The Balaban J connectivity index is 1.68. The predicted octanol–water partition coefficient (Wildman–Crippen LogP) is 2.28. The summed E-state index contributed by atoms with van der Waals surface area (Å²) in [6.45, 7) is 1.54. The van der Waals surface area contributed by atoms with E-state index in [1.54, 1.807) is 12.0 Å². The Labute approximate surface area is 147 Å². The van der Waals surface area contributed by atoms with Gasteiger partial charge in [0.1, 0.15) is 5.75 Å². The topological polar surface area (TPSA) is 76.1 Å². The maximum atomic E-state index is 13.0. The van der Waals surface area contributed by atoms with Crippen LogP contribution in [0.5, 0.6) is 5.75 Å². The minimum absolute atomic E-state index is 0.0142. The summed E-state index contributed by atoms with van der Waals surface area (Å²) in [5.41, 5.74) is 1.11. The first-order chi connectivity index (χ1) is 12.1. The van der Waals surface area contributed by atoms with Gasteiger partial charge in [-0.3, -0.25) is 9.59 Å². The van der Waals surface area contributed by atoms with E-state index in [9.17, 15) is 9.59 Å². The molecule has 0 radical (unpaired) electrons. The highest BCUT2D eigenvalue weighted by Gasteiger charge is 2.47. The molecule has 2 aliphatic rings. The van der Waals surface area contributed by atoms with Gasteiger partial charge in [-0.25, -0.2) is 0 Å². The number of carboxylic acids is 1. The molecule has 2 atom stereocenters. The van der Waals surface area contributed by atoms with Crippen molar-refractivity contribution in [3.8, 4) is 5.75 Å². The van der Waals surface area contributed by atoms with Crippen molar-refractivity contribution in [2.45, 2.75) is 37.6 Å². The molecular weight excluding hydrogens is 322 g/mol. The summed E-state index contributed by atoms with van der Waals surface area (Å²) in [5.74, 6) is 0.159. The minimum Gasteiger partial charge on any atom is -0.497 e. The third-order valence-electron chi connectivity index (χ3n) is 5.11. The molecule has 136 valence electrons. The first-order valence-corrected chi connectivity index (χ1v) is 8.84. The fourth-order valence-electron chi connectivity index (χ4n) is 3.61. The molecule has 6 nitrogen and oxygen atoms in total. The molecule has 3 rings (SSSR count). The van der Waals surface area contributed by atoms with Crippen molar-refractivity contribution in [1.29, 1.82) is 0 Å². The summed E-state index contributed by atoms with van der Waals surface area (Å²) in [4.78, 5) is 25.8. The van der Waals surface area contributed by atoms with Crippen LogP contribution in [0.1, 0.15) is 37.2 Å². The summed E-state index contributed by atoms with van der Waals surface area (Å²) in [7, 11) is 1.63. The molecule has 1 aliphatic heterocycles. The van der Waals surface area contributed by atoms with Crippen LogP contribution in [-0.4, -0.2) is 54.8 Å². The number of benzene rings is 1. The molecule has 1 aromatic rings. The van der Waals surface area contributed by atoms with Gasteiger partial charge < -0.3 is 19.5 Å². The van der Waals surface area contributed by atoms with Crippen molar-refractivity contribution in [3.63, 3.8) is 0 Å². The number of carbonyl (C=O) groups is 2. The van der Waals surface area contributed by atoms with Crippen molar-refractivity contribution in [2.24, 2.45) is 5.92 Å². The smallest absolute Gasteiger partial charge is 0.305 e. The first kappa shape index (κ1) is 17.7. The Morgan fingerprint density at radius 3 is 2.76 bits per heavy atom. The number of aliphatic carboxylic acids is 1. The van der Waals surface area contributed by atoms with Gasteiger partial charge in [0.15, 0.2) is 0 Å². The first-order valence-electron chi connectivity index (χ1n) is 8.84. The van der Waals surface area contributed by atoms with E-state index >= 15 is 0 Å². The Kier molecular flexibility index (Phi) is 5.58. The van der Waals surface area contributed by atoms with E-state index in [4.69, 9.17) is 14.6 Å². The maximum absolute atomic E-state index is 13.0. The molecule has 1 heterocycles. The van der Waals surface area contributed by atoms with E-state index < -0.39 is 5.97 Å². The molecule has 1 aliphatic carbocycles. The number of hydrogen-bond donors (Lipinski definition) is 1. The van der Waals surface area contributed by atoms with Crippen LogP contribution in [0.3, 0.4) is 0 Å². The van der Waals surface area contributed by atoms with Crippen LogP contribution in [0.25, 0.3) is 0 Å². The number of rotatable bonds is 7. The summed E-state index contributed by atoms with van der Waals surface area (Å²) in [6.07, 6.45) is 2.36. The second-order valence-corrected chi connectivity index (χ2v) is 6.74. The molecule has 0 spiro atoms. The van der Waals surface area contributed by atoms with Crippen molar-refractivity contribution in [1.82, 2.24) is 4.90 Å². The van der Waals surface area contributed by atoms with Crippen LogP contribution in [0.2, 0.25) is 0 Å². The maximum Gasteiger partial charge on any atom is 0.305 e. The molecular formula is C19H25NO5. The zero-order valence-electron chi connectivity index (χ0n) is 14.5.